The topological polar surface area (TPSA) is 59.2 Å². The highest BCUT2D eigenvalue weighted by molar-refractivity contribution is 5.85. The molecule has 2 atom stereocenters. The minimum Gasteiger partial charge on any atom is -0.338 e. The van der Waals surface area contributed by atoms with Crippen molar-refractivity contribution in [2.24, 2.45) is 7.05 Å². The lowest BCUT2D eigenvalue weighted by Gasteiger charge is -2.40. The van der Waals surface area contributed by atoms with Gasteiger partial charge in [0, 0.05) is 63.9 Å². The fraction of sp³-hybridized carbons (Fsp3) is 0.458. The van der Waals surface area contributed by atoms with E-state index in [2.05, 4.69) is 57.5 Å². The number of benzene rings is 1. The Hall–Kier alpha value is -2.64. The lowest BCUT2D eigenvalue weighted by Crippen LogP contribution is -2.51. The third-order valence-corrected chi connectivity index (χ3v) is 6.20. The highest BCUT2D eigenvalue weighted by atomic mass is 35.5. The van der Waals surface area contributed by atoms with Gasteiger partial charge in [0.25, 0.3) is 0 Å². The second kappa shape index (κ2) is 10.3. The molecule has 3 heterocycles. The summed E-state index contributed by atoms with van der Waals surface area (Å²) in [4.78, 5) is 26.8. The average Bonchev–Trinajstić information content (AvgIpc) is 3.44. The van der Waals surface area contributed by atoms with Crippen LogP contribution >= 0.6 is 12.4 Å². The summed E-state index contributed by atoms with van der Waals surface area (Å²) in [6.07, 6.45) is 7.54. The molecule has 4 rings (SSSR count). The molecule has 1 aromatic carbocycles. The van der Waals surface area contributed by atoms with Crippen molar-refractivity contribution >= 4 is 18.3 Å². The second-order valence-corrected chi connectivity index (χ2v) is 8.59. The molecule has 1 aliphatic rings. The van der Waals surface area contributed by atoms with Crippen LogP contribution in [-0.4, -0.2) is 61.0 Å². The summed E-state index contributed by atoms with van der Waals surface area (Å²) in [7, 11) is 2.04. The molecule has 0 aliphatic carbocycles. The second-order valence-electron chi connectivity index (χ2n) is 8.59. The molecule has 0 N–H and O–H groups in total. The number of imidazole rings is 2. The summed E-state index contributed by atoms with van der Waals surface area (Å²) < 4.78 is 4.10. The Bertz CT molecular complexity index is 1010. The standard InChI is InChI=1S/C24H32N6O.ClH/c1-18(2)22-25-11-13-30(22)19(3)24(31)29-16-14-28(15-17-29)21(20-8-6-5-7-9-20)23-26-10-12-27(23)4;/h5-13,18-19,21H,14-17H2,1-4H3;1H. The van der Waals surface area contributed by atoms with Gasteiger partial charge in [0.2, 0.25) is 5.91 Å². The van der Waals surface area contributed by atoms with Crippen LogP contribution in [0.3, 0.4) is 0 Å². The van der Waals surface area contributed by atoms with E-state index in [1.807, 2.05) is 48.1 Å². The van der Waals surface area contributed by atoms with E-state index >= 15 is 0 Å². The van der Waals surface area contributed by atoms with Crippen LogP contribution in [-0.2, 0) is 11.8 Å². The Labute approximate surface area is 196 Å². The van der Waals surface area contributed by atoms with E-state index in [4.69, 9.17) is 0 Å². The van der Waals surface area contributed by atoms with Crippen LogP contribution in [0, 0.1) is 0 Å². The van der Waals surface area contributed by atoms with Gasteiger partial charge in [0.05, 0.1) is 6.04 Å². The molecule has 0 spiro atoms. The van der Waals surface area contributed by atoms with E-state index in [-0.39, 0.29) is 36.3 Å². The van der Waals surface area contributed by atoms with E-state index in [1.54, 1.807) is 6.20 Å². The van der Waals surface area contributed by atoms with Crippen molar-refractivity contribution in [1.29, 1.82) is 0 Å². The summed E-state index contributed by atoms with van der Waals surface area (Å²) in [6.45, 7) is 9.23. The summed E-state index contributed by atoms with van der Waals surface area (Å²) in [6, 6.07) is 10.3. The zero-order valence-corrected chi connectivity index (χ0v) is 20.1. The monoisotopic (exact) mass is 456 g/mol. The van der Waals surface area contributed by atoms with Crippen molar-refractivity contribution in [2.45, 2.75) is 38.8 Å². The number of carbonyl (C=O) groups excluding carboxylic acids is 1. The van der Waals surface area contributed by atoms with E-state index in [1.165, 1.54) is 5.56 Å². The number of hydrogen-bond acceptors (Lipinski definition) is 4. The zero-order chi connectivity index (χ0) is 22.0. The predicted octanol–water partition coefficient (Wildman–Crippen LogP) is 3.66. The van der Waals surface area contributed by atoms with Gasteiger partial charge in [-0.05, 0) is 12.5 Å². The first kappa shape index (κ1) is 24.0. The van der Waals surface area contributed by atoms with Crippen molar-refractivity contribution < 1.29 is 4.79 Å². The third-order valence-electron chi connectivity index (χ3n) is 6.20. The molecule has 1 aliphatic heterocycles. The Morgan fingerprint density at radius 1 is 0.906 bits per heavy atom. The summed E-state index contributed by atoms with van der Waals surface area (Å²) in [5.74, 6) is 2.43. The number of nitrogens with zero attached hydrogens (tertiary/aromatic N) is 6. The quantitative estimate of drug-likeness (QED) is 0.568. The van der Waals surface area contributed by atoms with Gasteiger partial charge in [0.1, 0.15) is 17.7 Å². The molecule has 1 saturated heterocycles. The number of rotatable bonds is 6. The van der Waals surface area contributed by atoms with Crippen LogP contribution in [0.5, 0.6) is 0 Å². The number of halogens is 1. The minimum atomic E-state index is -0.245. The average molecular weight is 457 g/mol. The normalized spacial score (nSPS) is 16.6. The van der Waals surface area contributed by atoms with E-state index in [0.717, 1.165) is 24.7 Å². The van der Waals surface area contributed by atoms with Crippen LogP contribution in [0.4, 0.5) is 0 Å². The van der Waals surface area contributed by atoms with Crippen molar-refractivity contribution in [1.82, 2.24) is 28.9 Å². The van der Waals surface area contributed by atoms with Crippen molar-refractivity contribution in [2.75, 3.05) is 26.2 Å². The number of aromatic nitrogens is 4. The van der Waals surface area contributed by atoms with Gasteiger partial charge in [-0.15, -0.1) is 12.4 Å². The summed E-state index contributed by atoms with van der Waals surface area (Å²) >= 11 is 0. The van der Waals surface area contributed by atoms with E-state index in [9.17, 15) is 4.79 Å². The fourth-order valence-corrected chi connectivity index (χ4v) is 4.48. The molecule has 3 aromatic rings. The first-order valence-corrected chi connectivity index (χ1v) is 11.0. The Morgan fingerprint density at radius 3 is 2.12 bits per heavy atom. The van der Waals surface area contributed by atoms with Crippen LogP contribution < -0.4 is 0 Å². The van der Waals surface area contributed by atoms with Crippen molar-refractivity contribution in [3.8, 4) is 0 Å². The molecule has 2 unspecified atom stereocenters. The maximum absolute atomic E-state index is 13.2. The number of aryl methyl sites for hydroxylation is 1. The molecule has 1 amide bonds. The maximum Gasteiger partial charge on any atom is 0.245 e. The maximum atomic E-state index is 13.2. The first-order chi connectivity index (χ1) is 15.0. The molecule has 2 aromatic heterocycles. The molecule has 0 radical (unpaired) electrons. The van der Waals surface area contributed by atoms with Crippen LogP contribution in [0.1, 0.15) is 56.0 Å². The van der Waals surface area contributed by atoms with Crippen LogP contribution in [0.15, 0.2) is 55.1 Å². The van der Waals surface area contributed by atoms with Gasteiger partial charge in [-0.1, -0.05) is 44.2 Å². The molecule has 0 bridgehead atoms. The van der Waals surface area contributed by atoms with Crippen LogP contribution in [0.2, 0.25) is 0 Å². The van der Waals surface area contributed by atoms with Gasteiger partial charge in [0.15, 0.2) is 0 Å². The summed E-state index contributed by atoms with van der Waals surface area (Å²) in [5, 5.41) is 0. The molecular weight excluding hydrogens is 424 g/mol. The number of hydrogen-bond donors (Lipinski definition) is 0. The molecule has 32 heavy (non-hydrogen) atoms. The largest absolute Gasteiger partial charge is 0.338 e. The molecule has 0 saturated carbocycles. The first-order valence-electron chi connectivity index (χ1n) is 11.0. The lowest BCUT2D eigenvalue weighted by molar-refractivity contribution is -0.136. The van der Waals surface area contributed by atoms with Gasteiger partial charge in [-0.3, -0.25) is 9.69 Å². The zero-order valence-electron chi connectivity index (χ0n) is 19.3. The predicted molar refractivity (Wildman–Crippen MR) is 128 cm³/mol. The highest BCUT2D eigenvalue weighted by Crippen LogP contribution is 2.29. The minimum absolute atomic E-state index is 0. The van der Waals surface area contributed by atoms with Gasteiger partial charge >= 0.3 is 0 Å². The van der Waals surface area contributed by atoms with E-state index < -0.39 is 0 Å². The molecule has 172 valence electrons. The smallest absolute Gasteiger partial charge is 0.245 e. The highest BCUT2D eigenvalue weighted by Gasteiger charge is 2.32. The number of piperazine rings is 1. The van der Waals surface area contributed by atoms with Gasteiger partial charge < -0.3 is 14.0 Å². The number of amides is 1. The van der Waals surface area contributed by atoms with Crippen LogP contribution in [0.25, 0.3) is 0 Å². The van der Waals surface area contributed by atoms with E-state index in [0.29, 0.717) is 13.1 Å². The SMILES string of the molecule is CC(C)c1nccn1C(C)C(=O)N1CCN(C(c2ccccc2)c2nccn2C)CC1.Cl. The molecular formula is C24H33ClN6O. The Balaban J connectivity index is 0.00000289. The molecule has 1 fully saturated rings. The fourth-order valence-electron chi connectivity index (χ4n) is 4.48. The number of carbonyl (C=O) groups is 1. The summed E-state index contributed by atoms with van der Waals surface area (Å²) in [5.41, 5.74) is 1.23. The Morgan fingerprint density at radius 2 is 1.53 bits per heavy atom. The lowest BCUT2D eigenvalue weighted by atomic mass is 10.0. The van der Waals surface area contributed by atoms with Crippen molar-refractivity contribution in [3.05, 3.63) is 72.3 Å². The van der Waals surface area contributed by atoms with Crippen molar-refractivity contribution in [3.63, 3.8) is 0 Å². The van der Waals surface area contributed by atoms with Gasteiger partial charge in [-0.25, -0.2) is 9.97 Å². The third kappa shape index (κ3) is 4.74. The van der Waals surface area contributed by atoms with Gasteiger partial charge in [-0.2, -0.15) is 0 Å². The molecule has 8 heteroatoms. The molecule has 7 nitrogen and oxygen atoms in total. The Kier molecular flexibility index (Phi) is 7.74.